The second-order valence-corrected chi connectivity index (χ2v) is 18.4. The number of amides is 2. The maximum absolute atomic E-state index is 13.6. The lowest BCUT2D eigenvalue weighted by atomic mass is 9.97. The highest BCUT2D eigenvalue weighted by Gasteiger charge is 2.56. The molecule has 2 amide bonds. The normalized spacial score (nSPS) is 16.7. The number of nitrogens with one attached hydrogen (secondary N) is 5. The van der Waals surface area contributed by atoms with Crippen molar-refractivity contribution in [1.29, 1.82) is 5.41 Å². The lowest BCUT2D eigenvalue weighted by molar-refractivity contribution is -0.284. The number of aliphatic hydroxyl groups excluding tert-OH is 1. The fourth-order valence-electron chi connectivity index (χ4n) is 7.60. The molecule has 63 heavy (non-hydrogen) atoms. The molecule has 350 valence electrons. The molecule has 1 saturated heterocycles. The van der Waals surface area contributed by atoms with Crippen LogP contribution in [0.3, 0.4) is 0 Å². The molecule has 2 unspecified atom stereocenters. The van der Waals surface area contributed by atoms with Crippen LogP contribution < -0.4 is 26.2 Å². The summed E-state index contributed by atoms with van der Waals surface area (Å²) in [5.74, 6) is -4.08. The van der Waals surface area contributed by atoms with E-state index in [1.165, 1.54) is 6.21 Å². The summed E-state index contributed by atoms with van der Waals surface area (Å²) in [6.07, 6.45) is 3.10. The van der Waals surface area contributed by atoms with Gasteiger partial charge in [0.2, 0.25) is 5.91 Å². The highest BCUT2D eigenvalue weighted by Crippen LogP contribution is 2.39. The van der Waals surface area contributed by atoms with E-state index in [9.17, 15) is 40.9 Å². The van der Waals surface area contributed by atoms with Gasteiger partial charge in [0, 0.05) is 127 Å². The molecule has 0 spiro atoms. The Kier molecular flexibility index (Phi) is 20.0. The molecule has 1 aromatic heterocycles. The van der Waals surface area contributed by atoms with Crippen molar-refractivity contribution in [3.63, 3.8) is 0 Å². The van der Waals surface area contributed by atoms with E-state index in [2.05, 4.69) is 31.1 Å². The summed E-state index contributed by atoms with van der Waals surface area (Å²) >= 11 is 0. The Hall–Kier alpha value is -4.42. The average Bonchev–Trinajstić information content (AvgIpc) is 3.22. The number of allylic oxidation sites excluding steroid dienone is 3. The lowest BCUT2D eigenvalue weighted by Gasteiger charge is -2.35. The van der Waals surface area contributed by atoms with Gasteiger partial charge >= 0.3 is 12.1 Å². The van der Waals surface area contributed by atoms with Crippen molar-refractivity contribution in [3.05, 3.63) is 64.5 Å². The summed E-state index contributed by atoms with van der Waals surface area (Å²) in [4.78, 5) is 35.4. The standard InChI is InChI=1S/C45H65F5N8O4S/c1-31(2)55-39-27-35(26-36(37(39)28-51)42(60)54-30-38-32(3)25-33(4)56-43(38)61)34-14-15-40(53-29-34)58-21-19-57(20-22-58)18-17-52-41(59)13-10-8-6-5-7-9-11-23-63(62)24-12-16-44(46,47)45(48,49)50/h14-15,25-29,31,43,51,55-56,61H,5-13,16-24,30H2,1-4H3,(H,52,59)(H,54,60). The molecule has 2 aliphatic rings. The number of carbonyl (C=O) groups is 2. The quantitative estimate of drug-likeness (QED) is 0.0336. The third-order valence-electron chi connectivity index (χ3n) is 11.2. The molecule has 2 atom stereocenters. The molecule has 18 heteroatoms. The maximum atomic E-state index is 13.6. The topological polar surface area (TPSA) is 163 Å². The van der Waals surface area contributed by atoms with Gasteiger partial charge < -0.3 is 36.7 Å². The molecular formula is C45H65F5N8O4S. The Morgan fingerprint density at radius 2 is 1.62 bits per heavy atom. The van der Waals surface area contributed by atoms with Crippen LogP contribution in [0.2, 0.25) is 0 Å². The van der Waals surface area contributed by atoms with Gasteiger partial charge in [-0.1, -0.05) is 32.1 Å². The van der Waals surface area contributed by atoms with Gasteiger partial charge in [0.25, 0.3) is 5.91 Å². The van der Waals surface area contributed by atoms with Crippen LogP contribution in [0.5, 0.6) is 0 Å². The van der Waals surface area contributed by atoms with E-state index in [4.69, 9.17) is 10.4 Å². The van der Waals surface area contributed by atoms with Crippen molar-refractivity contribution in [2.45, 2.75) is 116 Å². The Morgan fingerprint density at radius 3 is 2.24 bits per heavy atom. The number of hydrogen-bond acceptors (Lipinski definition) is 10. The van der Waals surface area contributed by atoms with Crippen molar-refractivity contribution < 1.29 is 40.9 Å². The number of anilines is 2. The maximum Gasteiger partial charge on any atom is 0.453 e. The molecule has 0 radical (unpaired) electrons. The summed E-state index contributed by atoms with van der Waals surface area (Å²) in [6.45, 7) is 12.4. The molecule has 0 bridgehead atoms. The summed E-state index contributed by atoms with van der Waals surface area (Å²) in [6, 6.07) is 7.72. The number of nitrogens with zero attached hydrogens (tertiary/aromatic N) is 3. The van der Waals surface area contributed by atoms with Gasteiger partial charge in [-0.15, -0.1) is 0 Å². The van der Waals surface area contributed by atoms with E-state index in [1.807, 2.05) is 52.0 Å². The number of unbranched alkanes of at least 4 members (excludes halogenated alkanes) is 6. The van der Waals surface area contributed by atoms with Crippen LogP contribution >= 0.6 is 0 Å². The highest BCUT2D eigenvalue weighted by atomic mass is 32.2. The molecule has 2 aliphatic heterocycles. The lowest BCUT2D eigenvalue weighted by Crippen LogP contribution is -2.48. The predicted molar refractivity (Wildman–Crippen MR) is 241 cm³/mol. The number of piperazine rings is 1. The fourth-order valence-corrected chi connectivity index (χ4v) is 8.79. The third-order valence-corrected chi connectivity index (χ3v) is 12.7. The Bertz CT molecular complexity index is 1920. The van der Waals surface area contributed by atoms with Crippen LogP contribution in [0.15, 0.2) is 53.4 Å². The zero-order valence-electron chi connectivity index (χ0n) is 36.9. The second-order valence-electron chi connectivity index (χ2n) is 16.7. The van der Waals surface area contributed by atoms with E-state index < -0.39 is 42.0 Å². The number of alkyl halides is 5. The highest BCUT2D eigenvalue weighted by molar-refractivity contribution is 7.84. The monoisotopic (exact) mass is 908 g/mol. The number of carbonyl (C=O) groups excluding carboxylic acids is 2. The first kappa shape index (κ1) is 51.2. The van der Waals surface area contributed by atoms with Crippen molar-refractivity contribution in [3.8, 4) is 11.1 Å². The minimum absolute atomic E-state index is 0.0259. The van der Waals surface area contributed by atoms with E-state index in [1.54, 1.807) is 12.3 Å². The number of pyridine rings is 1. The van der Waals surface area contributed by atoms with Crippen LogP contribution in [-0.4, -0.2) is 119 Å². The molecule has 6 N–H and O–H groups in total. The Morgan fingerprint density at radius 1 is 0.952 bits per heavy atom. The zero-order valence-corrected chi connectivity index (χ0v) is 37.8. The van der Waals surface area contributed by atoms with Gasteiger partial charge in [-0.05, 0) is 88.4 Å². The zero-order chi connectivity index (χ0) is 46.2. The molecule has 0 saturated carbocycles. The van der Waals surface area contributed by atoms with Gasteiger partial charge in [-0.2, -0.15) is 22.0 Å². The number of aromatic nitrogens is 1. The number of hydrogen-bond donors (Lipinski definition) is 6. The Balaban J connectivity index is 1.14. The number of dihydropyridines is 1. The van der Waals surface area contributed by atoms with E-state index in [0.29, 0.717) is 47.5 Å². The van der Waals surface area contributed by atoms with E-state index >= 15 is 0 Å². The van der Waals surface area contributed by atoms with Gasteiger partial charge in [-0.25, -0.2) is 4.98 Å². The van der Waals surface area contributed by atoms with E-state index in [-0.39, 0.29) is 30.2 Å². The first-order valence-electron chi connectivity index (χ1n) is 21.9. The summed E-state index contributed by atoms with van der Waals surface area (Å²) < 4.78 is 74.6. The van der Waals surface area contributed by atoms with Gasteiger partial charge in [0.15, 0.2) is 0 Å². The molecule has 1 aromatic carbocycles. The van der Waals surface area contributed by atoms with Crippen molar-refractivity contribution >= 4 is 40.3 Å². The summed E-state index contributed by atoms with van der Waals surface area (Å²) in [5, 5.41) is 31.0. The van der Waals surface area contributed by atoms with Crippen LogP contribution in [0.1, 0.15) is 108 Å². The minimum Gasteiger partial charge on any atom is -0.382 e. The largest absolute Gasteiger partial charge is 0.453 e. The minimum atomic E-state index is -5.57. The van der Waals surface area contributed by atoms with Crippen molar-refractivity contribution in [1.82, 2.24) is 25.8 Å². The van der Waals surface area contributed by atoms with Crippen LogP contribution in [0.25, 0.3) is 11.1 Å². The van der Waals surface area contributed by atoms with Crippen molar-refractivity contribution in [2.24, 2.45) is 0 Å². The molecular weight excluding hydrogens is 844 g/mol. The SMILES string of the molecule is CC1=CC(C)=C(CNC(=O)c2cc(-c3ccc(N4CCN(CCNC(=O)CCCCCCCCCS(=O)CCCC(F)(F)C(F)(F)F)CC4)nc3)cc(NC(C)C)c2C=N)C(O)N1. The van der Waals surface area contributed by atoms with Crippen molar-refractivity contribution in [2.75, 3.05) is 67.5 Å². The Labute approximate surface area is 370 Å². The van der Waals surface area contributed by atoms with Crippen LogP contribution in [0.4, 0.5) is 33.5 Å². The number of aliphatic hydroxyl groups is 1. The average molecular weight is 909 g/mol. The second kappa shape index (κ2) is 24.6. The first-order chi connectivity index (χ1) is 29.9. The van der Waals surface area contributed by atoms with E-state index in [0.717, 1.165) is 99.5 Å². The third kappa shape index (κ3) is 16.3. The smallest absolute Gasteiger partial charge is 0.382 e. The van der Waals surface area contributed by atoms with Crippen LogP contribution in [0, 0.1) is 5.41 Å². The first-order valence-corrected chi connectivity index (χ1v) is 23.4. The van der Waals surface area contributed by atoms with Gasteiger partial charge in [0.1, 0.15) is 12.0 Å². The molecule has 0 aliphatic carbocycles. The van der Waals surface area contributed by atoms with Crippen LogP contribution in [-0.2, 0) is 15.6 Å². The summed E-state index contributed by atoms with van der Waals surface area (Å²) in [5.41, 5.74) is 5.45. The predicted octanol–water partition coefficient (Wildman–Crippen LogP) is 7.52. The van der Waals surface area contributed by atoms with Gasteiger partial charge in [-0.3, -0.25) is 18.7 Å². The number of halogens is 5. The number of benzene rings is 1. The molecule has 4 rings (SSSR count). The summed E-state index contributed by atoms with van der Waals surface area (Å²) in [7, 11) is -1.40. The molecule has 2 aromatic rings. The molecule has 3 heterocycles. The van der Waals surface area contributed by atoms with Gasteiger partial charge in [0.05, 0.1) is 5.56 Å². The number of rotatable bonds is 25. The molecule has 1 fully saturated rings. The molecule has 12 nitrogen and oxygen atoms in total. The fraction of sp³-hybridized carbons (Fsp3) is 0.600.